The van der Waals surface area contributed by atoms with E-state index in [9.17, 15) is 14.4 Å². The van der Waals surface area contributed by atoms with E-state index in [2.05, 4.69) is 5.32 Å². The Morgan fingerprint density at radius 2 is 1.27 bits per heavy atom. The fourth-order valence-electron chi connectivity index (χ4n) is 9.91. The van der Waals surface area contributed by atoms with Gasteiger partial charge in [-0.05, 0) is 107 Å². The van der Waals surface area contributed by atoms with Crippen molar-refractivity contribution < 1.29 is 19.1 Å². The second kappa shape index (κ2) is 6.32. The average Bonchev–Trinajstić information content (AvgIpc) is 2.62. The second-order valence-corrected chi connectivity index (χ2v) is 12.4. The molecule has 0 aliphatic heterocycles. The van der Waals surface area contributed by atoms with Gasteiger partial charge in [0.05, 0.1) is 5.41 Å². The third kappa shape index (κ3) is 2.90. The van der Waals surface area contributed by atoms with Crippen LogP contribution in [0.15, 0.2) is 0 Å². The summed E-state index contributed by atoms with van der Waals surface area (Å²) >= 11 is 0. The molecule has 1 N–H and O–H groups in total. The minimum Gasteiger partial charge on any atom is -0.457 e. The van der Waals surface area contributed by atoms with Crippen LogP contribution in [0.25, 0.3) is 0 Å². The summed E-state index contributed by atoms with van der Waals surface area (Å²) in [5.74, 6) is 3.16. The molecule has 8 saturated carbocycles. The maximum atomic E-state index is 13.4. The molecule has 2 unspecified atom stereocenters. The van der Waals surface area contributed by atoms with E-state index in [1.807, 2.05) is 0 Å². The molecule has 164 valence electrons. The van der Waals surface area contributed by atoms with Gasteiger partial charge in [0.2, 0.25) is 5.91 Å². The number of hydrogen-bond donors (Lipinski definition) is 1. The van der Waals surface area contributed by atoms with E-state index < -0.39 is 5.41 Å². The third-order valence-electron chi connectivity index (χ3n) is 9.90. The first-order valence-electron chi connectivity index (χ1n) is 12.3. The molecule has 4 atom stereocenters. The fourth-order valence-corrected chi connectivity index (χ4v) is 9.91. The van der Waals surface area contributed by atoms with Crippen molar-refractivity contribution in [2.75, 3.05) is 6.61 Å². The highest BCUT2D eigenvalue weighted by molar-refractivity contribution is 5.89. The molecule has 0 aromatic heterocycles. The van der Waals surface area contributed by atoms with Gasteiger partial charge < -0.3 is 10.1 Å². The van der Waals surface area contributed by atoms with E-state index in [0.29, 0.717) is 18.3 Å². The highest BCUT2D eigenvalue weighted by atomic mass is 16.5. The van der Waals surface area contributed by atoms with Crippen LogP contribution in [-0.2, 0) is 19.1 Å². The maximum absolute atomic E-state index is 13.4. The second-order valence-electron chi connectivity index (χ2n) is 12.4. The normalized spacial score (nSPS) is 49.8. The Morgan fingerprint density at radius 3 is 1.80 bits per heavy atom. The first-order valence-corrected chi connectivity index (χ1v) is 12.3. The van der Waals surface area contributed by atoms with Crippen LogP contribution in [0.3, 0.4) is 0 Å². The number of nitrogens with one attached hydrogen (secondary N) is 1. The minimum atomic E-state index is -0.492. The van der Waals surface area contributed by atoms with E-state index in [4.69, 9.17) is 4.74 Å². The number of carbonyl (C=O) groups is 3. The minimum absolute atomic E-state index is 0.00235. The Hall–Kier alpha value is -1.39. The van der Waals surface area contributed by atoms with Crippen molar-refractivity contribution in [2.24, 2.45) is 40.4 Å². The predicted octanol–water partition coefficient (Wildman–Crippen LogP) is 3.79. The molecule has 0 saturated heterocycles. The van der Waals surface area contributed by atoms with Crippen molar-refractivity contribution in [3.8, 4) is 0 Å². The first kappa shape index (κ1) is 19.3. The molecular formula is C25H35NO4. The van der Waals surface area contributed by atoms with Gasteiger partial charge >= 0.3 is 5.97 Å². The topological polar surface area (TPSA) is 72.5 Å². The standard InChI is InChI=1S/C25H35NO4/c1-15(27)26-25-11-19-5-20(12-25)10-24(9-19,14-25)22(29)30-13-21(28)23-6-16-2-17(7-23)4-18(3-16)8-23/h16-20H,2-14H2,1H3,(H,26,27)/t16?,17?,18?,19-,20+,23?,24?,25?. The van der Waals surface area contributed by atoms with Gasteiger partial charge in [0.25, 0.3) is 0 Å². The van der Waals surface area contributed by atoms with Crippen LogP contribution in [0.5, 0.6) is 0 Å². The van der Waals surface area contributed by atoms with Gasteiger partial charge in [-0.15, -0.1) is 0 Å². The van der Waals surface area contributed by atoms with Crippen LogP contribution in [0.1, 0.15) is 84.0 Å². The summed E-state index contributed by atoms with van der Waals surface area (Å²) in [6, 6.07) is 0. The lowest BCUT2D eigenvalue weighted by Crippen LogP contribution is -2.64. The van der Waals surface area contributed by atoms with Gasteiger partial charge in [0.15, 0.2) is 12.4 Å². The smallest absolute Gasteiger partial charge is 0.312 e. The molecular weight excluding hydrogens is 378 g/mol. The van der Waals surface area contributed by atoms with Gasteiger partial charge in [-0.2, -0.15) is 0 Å². The van der Waals surface area contributed by atoms with Gasteiger partial charge in [-0.3, -0.25) is 14.4 Å². The van der Waals surface area contributed by atoms with E-state index in [-0.39, 0.29) is 35.2 Å². The van der Waals surface area contributed by atoms with E-state index in [1.165, 1.54) is 25.7 Å². The molecule has 0 radical (unpaired) electrons. The van der Waals surface area contributed by atoms with Crippen LogP contribution < -0.4 is 5.32 Å². The summed E-state index contributed by atoms with van der Waals surface area (Å²) in [7, 11) is 0. The molecule has 5 heteroatoms. The average molecular weight is 414 g/mol. The number of Topliss-reactive ketones (excluding diaryl/α,β-unsaturated/α-hetero) is 1. The molecule has 8 rings (SSSR count). The molecule has 8 bridgehead atoms. The molecule has 30 heavy (non-hydrogen) atoms. The number of carbonyl (C=O) groups excluding carboxylic acids is 3. The molecule has 8 aliphatic carbocycles. The van der Waals surface area contributed by atoms with Gasteiger partial charge in [-0.25, -0.2) is 0 Å². The SMILES string of the molecule is CC(=O)NC12C[C@H]3C[C@@H](C1)CC(C(=O)OCC(=O)C14CC5CC(CC(C5)C1)C4)(C3)C2. The summed E-state index contributed by atoms with van der Waals surface area (Å²) in [4.78, 5) is 38.5. The molecule has 1 amide bonds. The highest BCUT2D eigenvalue weighted by Crippen LogP contribution is 2.63. The summed E-state index contributed by atoms with van der Waals surface area (Å²) in [6.07, 6.45) is 12.6. The van der Waals surface area contributed by atoms with Crippen molar-refractivity contribution in [1.82, 2.24) is 5.32 Å². The fraction of sp³-hybridized carbons (Fsp3) is 0.880. The van der Waals surface area contributed by atoms with E-state index in [1.54, 1.807) is 6.92 Å². The lowest BCUT2D eigenvalue weighted by atomic mass is 9.47. The van der Waals surface area contributed by atoms with Crippen LogP contribution in [0, 0.1) is 40.4 Å². The van der Waals surface area contributed by atoms with Crippen molar-refractivity contribution >= 4 is 17.7 Å². The van der Waals surface area contributed by atoms with Gasteiger partial charge in [-0.1, -0.05) is 0 Å². The molecule has 0 aromatic carbocycles. The lowest BCUT2D eigenvalue weighted by molar-refractivity contribution is -0.179. The Labute approximate surface area is 179 Å². The molecule has 0 spiro atoms. The molecule has 8 aliphatic rings. The molecule has 0 heterocycles. The summed E-state index contributed by atoms with van der Waals surface area (Å²) in [5, 5.41) is 3.21. The number of hydrogen-bond acceptors (Lipinski definition) is 4. The molecule has 5 nitrogen and oxygen atoms in total. The zero-order valence-corrected chi connectivity index (χ0v) is 18.2. The summed E-state index contributed by atoms with van der Waals surface area (Å²) in [6.45, 7) is 1.54. The van der Waals surface area contributed by atoms with Crippen LogP contribution in [0.2, 0.25) is 0 Å². The highest BCUT2D eigenvalue weighted by Gasteiger charge is 2.62. The zero-order chi connectivity index (χ0) is 20.7. The Morgan fingerprint density at radius 1 is 0.767 bits per heavy atom. The Kier molecular flexibility index (Phi) is 4.07. The van der Waals surface area contributed by atoms with Gasteiger partial charge in [0, 0.05) is 17.9 Å². The summed E-state index contributed by atoms with van der Waals surface area (Å²) in [5.41, 5.74) is -0.929. The number of rotatable bonds is 5. The Bertz CT molecular complexity index is 752. The van der Waals surface area contributed by atoms with Crippen molar-refractivity contribution in [3.05, 3.63) is 0 Å². The monoisotopic (exact) mass is 413 g/mol. The zero-order valence-electron chi connectivity index (χ0n) is 18.2. The van der Waals surface area contributed by atoms with Crippen LogP contribution in [-0.4, -0.2) is 29.8 Å². The first-order chi connectivity index (χ1) is 14.3. The van der Waals surface area contributed by atoms with Gasteiger partial charge in [0.1, 0.15) is 0 Å². The summed E-state index contributed by atoms with van der Waals surface area (Å²) < 4.78 is 5.83. The number of ether oxygens (including phenoxy) is 1. The van der Waals surface area contributed by atoms with Crippen molar-refractivity contribution in [2.45, 2.75) is 89.5 Å². The number of esters is 1. The van der Waals surface area contributed by atoms with Crippen LogP contribution in [0.4, 0.5) is 0 Å². The quantitative estimate of drug-likeness (QED) is 0.696. The lowest BCUT2D eigenvalue weighted by Gasteiger charge is -2.60. The third-order valence-corrected chi connectivity index (χ3v) is 9.90. The maximum Gasteiger partial charge on any atom is 0.312 e. The molecule has 8 fully saturated rings. The van der Waals surface area contributed by atoms with E-state index in [0.717, 1.165) is 62.7 Å². The number of ketones is 1. The Balaban J connectivity index is 1.15. The number of amides is 1. The largest absolute Gasteiger partial charge is 0.457 e. The van der Waals surface area contributed by atoms with Crippen molar-refractivity contribution in [1.29, 1.82) is 0 Å². The van der Waals surface area contributed by atoms with Crippen LogP contribution >= 0.6 is 0 Å². The molecule has 0 aromatic rings. The van der Waals surface area contributed by atoms with Crippen molar-refractivity contribution in [3.63, 3.8) is 0 Å². The predicted molar refractivity (Wildman–Crippen MR) is 110 cm³/mol. The van der Waals surface area contributed by atoms with E-state index >= 15 is 0 Å².